The number of hydrogen-bond donors (Lipinski definition) is 1. The molecular formula is C15H29Cl2NSiTi. The predicted octanol–water partition coefficient (Wildman–Crippen LogP) is -2.82. The predicted molar refractivity (Wildman–Crippen MR) is 81.4 cm³/mol. The first-order valence-corrected chi connectivity index (χ1v) is 9.47. The van der Waals surface area contributed by atoms with Gasteiger partial charge in [0.05, 0.1) is 0 Å². The van der Waals surface area contributed by atoms with Crippen molar-refractivity contribution in [1.29, 1.82) is 0 Å². The fraction of sp³-hybridized carbons (Fsp3) is 0.733. The van der Waals surface area contributed by atoms with Crippen LogP contribution in [0.3, 0.4) is 0 Å². The molecular weight excluding hydrogens is 341 g/mol. The van der Waals surface area contributed by atoms with Crippen molar-refractivity contribution in [2.45, 2.75) is 66.0 Å². The molecule has 1 nitrogen and oxygen atoms in total. The zero-order valence-corrected chi connectivity index (χ0v) is 19.4. The summed E-state index contributed by atoms with van der Waals surface area (Å²) in [5.41, 5.74) is 4.94. The second kappa shape index (κ2) is 7.99. The minimum Gasteiger partial charge on any atom is -1.00 e. The van der Waals surface area contributed by atoms with Gasteiger partial charge in [-0.1, -0.05) is 0 Å². The van der Waals surface area contributed by atoms with Crippen LogP contribution in [-0.2, 0) is 19.4 Å². The SMILES string of the molecule is CC1=C(C)C(C)[C]([Ti+2][NH]C(C)(C)C(C)(C)[SiH3])=C1C.[Cl-].[Cl-]. The molecule has 1 rings (SSSR count). The van der Waals surface area contributed by atoms with Crippen LogP contribution >= 0.6 is 0 Å². The number of rotatable bonds is 4. The summed E-state index contributed by atoms with van der Waals surface area (Å²) in [6, 6.07) is 0. The molecule has 5 heteroatoms. The summed E-state index contributed by atoms with van der Waals surface area (Å²) >= 11 is -0.207. The molecule has 1 N–H and O–H groups in total. The number of allylic oxidation sites excluding steroid dienone is 4. The quantitative estimate of drug-likeness (QED) is 0.527. The van der Waals surface area contributed by atoms with Crippen molar-refractivity contribution in [3.8, 4) is 0 Å². The molecule has 0 bridgehead atoms. The van der Waals surface area contributed by atoms with Crippen molar-refractivity contribution in [3.05, 3.63) is 20.6 Å². The second-order valence-electron chi connectivity index (χ2n) is 7.19. The van der Waals surface area contributed by atoms with Crippen LogP contribution in [0.2, 0.25) is 5.04 Å². The van der Waals surface area contributed by atoms with E-state index in [0.29, 0.717) is 11.0 Å². The summed E-state index contributed by atoms with van der Waals surface area (Å²) in [4.78, 5) is 0. The van der Waals surface area contributed by atoms with Gasteiger partial charge in [-0.05, 0) is 0 Å². The van der Waals surface area contributed by atoms with Crippen molar-refractivity contribution in [2.24, 2.45) is 5.92 Å². The maximum Gasteiger partial charge on any atom is -1.00 e. The summed E-state index contributed by atoms with van der Waals surface area (Å²) in [7, 11) is 1.23. The molecule has 0 aromatic carbocycles. The topological polar surface area (TPSA) is 12.0 Å². The van der Waals surface area contributed by atoms with Gasteiger partial charge in [0, 0.05) is 0 Å². The first-order chi connectivity index (χ1) is 7.99. The average molecular weight is 370 g/mol. The fourth-order valence-electron chi connectivity index (χ4n) is 1.98. The van der Waals surface area contributed by atoms with Crippen molar-refractivity contribution < 1.29 is 44.2 Å². The summed E-state index contributed by atoms with van der Waals surface area (Å²) < 4.78 is 5.63. The molecule has 0 radical (unpaired) electrons. The first-order valence-electron chi connectivity index (χ1n) is 6.90. The van der Waals surface area contributed by atoms with Crippen LogP contribution in [0, 0.1) is 5.92 Å². The normalized spacial score (nSPS) is 19.7. The van der Waals surface area contributed by atoms with Crippen molar-refractivity contribution in [1.82, 2.24) is 3.80 Å². The van der Waals surface area contributed by atoms with Crippen LogP contribution in [-0.4, -0.2) is 15.8 Å². The zero-order chi connectivity index (χ0) is 14.3. The Hall–Kier alpha value is 0.951. The maximum atomic E-state index is 3.92. The molecule has 0 fully saturated rings. The van der Waals surface area contributed by atoms with Gasteiger partial charge in [0.15, 0.2) is 0 Å². The number of hydrogen-bond acceptors (Lipinski definition) is 1. The molecule has 0 heterocycles. The van der Waals surface area contributed by atoms with E-state index in [1.807, 2.05) is 0 Å². The maximum absolute atomic E-state index is 3.92. The smallest absolute Gasteiger partial charge is 1.00 e. The summed E-state index contributed by atoms with van der Waals surface area (Å²) in [6.07, 6.45) is 0. The molecule has 0 aliphatic heterocycles. The monoisotopic (exact) mass is 369 g/mol. The number of nitrogens with one attached hydrogen (secondary N) is 1. The molecule has 20 heavy (non-hydrogen) atoms. The van der Waals surface area contributed by atoms with Gasteiger partial charge < -0.3 is 24.8 Å². The molecule has 1 aliphatic carbocycles. The Bertz CT molecular complexity index is 409. The Morgan fingerprint density at radius 3 is 1.75 bits per heavy atom. The van der Waals surface area contributed by atoms with Gasteiger partial charge >= 0.3 is 126 Å². The second-order valence-corrected chi connectivity index (χ2v) is 11.3. The molecule has 1 aliphatic rings. The molecule has 0 aromatic heterocycles. The Kier molecular flexibility index (Phi) is 9.27. The van der Waals surface area contributed by atoms with E-state index >= 15 is 0 Å². The number of halogens is 2. The van der Waals surface area contributed by atoms with E-state index in [-0.39, 0.29) is 49.8 Å². The Labute approximate surface area is 150 Å². The van der Waals surface area contributed by atoms with Gasteiger partial charge in [0.1, 0.15) is 0 Å². The van der Waals surface area contributed by atoms with Gasteiger partial charge in [-0.2, -0.15) is 0 Å². The van der Waals surface area contributed by atoms with E-state index in [0.717, 1.165) is 0 Å². The van der Waals surface area contributed by atoms with Crippen LogP contribution in [0.4, 0.5) is 0 Å². The molecule has 0 amide bonds. The van der Waals surface area contributed by atoms with Gasteiger partial charge in [-0.3, -0.25) is 0 Å². The van der Waals surface area contributed by atoms with Gasteiger partial charge in [-0.25, -0.2) is 0 Å². The molecule has 116 valence electrons. The standard InChI is InChI=1S/C9H13.C6H16NSi.2ClH.Ti/c1-6-5-7(2)9(4)8(6)3;1-5(2,7)6(3,4)8;;;/h6H,1-4H3;7H,1-4,8H3;2*1H;/q;-1;;;+3/p-2. The average Bonchev–Trinajstić information content (AvgIpc) is 2.40. The van der Waals surface area contributed by atoms with E-state index in [4.69, 9.17) is 0 Å². The largest absolute Gasteiger partial charge is 1.00 e. The third kappa shape index (κ3) is 4.72. The van der Waals surface area contributed by atoms with E-state index in [1.54, 1.807) is 15.0 Å². The molecule has 0 saturated heterocycles. The minimum atomic E-state index is -0.207. The zero-order valence-electron chi connectivity index (χ0n) is 14.3. The van der Waals surface area contributed by atoms with Crippen molar-refractivity contribution >= 4 is 10.2 Å². The van der Waals surface area contributed by atoms with Gasteiger partial charge in [0.25, 0.3) is 0 Å². The third-order valence-electron chi connectivity index (χ3n) is 5.03. The van der Waals surface area contributed by atoms with E-state index in [2.05, 4.69) is 59.2 Å². The Morgan fingerprint density at radius 1 is 1.00 bits per heavy atom. The van der Waals surface area contributed by atoms with E-state index in [1.165, 1.54) is 15.8 Å². The van der Waals surface area contributed by atoms with Crippen molar-refractivity contribution in [2.75, 3.05) is 0 Å². The Balaban J connectivity index is 0. The third-order valence-corrected chi connectivity index (χ3v) is 9.13. The van der Waals surface area contributed by atoms with Gasteiger partial charge in [0.2, 0.25) is 0 Å². The summed E-state index contributed by atoms with van der Waals surface area (Å²) in [6.45, 7) is 18.8. The summed E-state index contributed by atoms with van der Waals surface area (Å²) in [5, 5.41) is 0.435. The molecule has 1 atom stereocenters. The minimum absolute atomic E-state index is 0. The fourth-order valence-corrected chi connectivity index (χ4v) is 5.04. The van der Waals surface area contributed by atoms with Gasteiger partial charge in [-0.15, -0.1) is 0 Å². The molecule has 0 saturated carbocycles. The van der Waals surface area contributed by atoms with Crippen LogP contribution < -0.4 is 28.6 Å². The van der Waals surface area contributed by atoms with E-state index in [9.17, 15) is 0 Å². The molecule has 1 unspecified atom stereocenters. The van der Waals surface area contributed by atoms with Crippen LogP contribution in [0.15, 0.2) is 20.6 Å². The molecule has 0 spiro atoms. The van der Waals surface area contributed by atoms with E-state index < -0.39 is 0 Å². The van der Waals surface area contributed by atoms with Crippen LogP contribution in [0.1, 0.15) is 55.4 Å². The molecule has 0 aromatic rings. The van der Waals surface area contributed by atoms with Crippen LogP contribution in [0.5, 0.6) is 0 Å². The van der Waals surface area contributed by atoms with Crippen LogP contribution in [0.25, 0.3) is 0 Å². The Morgan fingerprint density at radius 2 is 1.45 bits per heavy atom. The van der Waals surface area contributed by atoms with Crippen molar-refractivity contribution in [3.63, 3.8) is 0 Å². The summed E-state index contributed by atoms with van der Waals surface area (Å²) in [5.74, 6) is 0.672. The first kappa shape index (κ1) is 23.2.